The number of aromatic nitrogens is 5. The Hall–Kier alpha value is -2.65. The van der Waals surface area contributed by atoms with E-state index in [1.807, 2.05) is 6.07 Å². The molecule has 3 aromatic rings. The molecule has 0 amide bonds. The number of anilines is 2. The summed E-state index contributed by atoms with van der Waals surface area (Å²) in [4.78, 5) is 7.31. The summed E-state index contributed by atoms with van der Waals surface area (Å²) in [6.45, 7) is 5.94. The lowest BCUT2D eigenvalue weighted by Crippen LogP contribution is -2.44. The Bertz CT molecular complexity index is 962. The van der Waals surface area contributed by atoms with Crippen molar-refractivity contribution in [1.82, 2.24) is 25.0 Å². The molecule has 2 aliphatic heterocycles. The number of H-pyrrole nitrogens is 1. The minimum Gasteiger partial charge on any atom is -0.382 e. The van der Waals surface area contributed by atoms with Gasteiger partial charge in [0.05, 0.1) is 30.8 Å². The van der Waals surface area contributed by atoms with E-state index in [4.69, 9.17) is 20.2 Å². The summed E-state index contributed by atoms with van der Waals surface area (Å²) in [6, 6.07) is 4.34. The van der Waals surface area contributed by atoms with Gasteiger partial charge in [-0.15, -0.1) is 5.10 Å². The van der Waals surface area contributed by atoms with E-state index in [-0.39, 0.29) is 6.04 Å². The fourth-order valence-corrected chi connectivity index (χ4v) is 4.24. The van der Waals surface area contributed by atoms with Crippen LogP contribution in [0.1, 0.15) is 31.2 Å². The number of nitrogens with two attached hydrogens (primary N) is 1. The van der Waals surface area contributed by atoms with Crippen molar-refractivity contribution in [2.75, 3.05) is 43.6 Å². The molecule has 1 atom stereocenters. The van der Waals surface area contributed by atoms with Gasteiger partial charge in [-0.2, -0.15) is 9.78 Å². The van der Waals surface area contributed by atoms with E-state index in [0.717, 1.165) is 55.3 Å². The van der Waals surface area contributed by atoms with Crippen LogP contribution in [0.2, 0.25) is 0 Å². The van der Waals surface area contributed by atoms with Crippen LogP contribution in [0.3, 0.4) is 0 Å². The second kappa shape index (κ2) is 7.06. The Morgan fingerprint density at radius 3 is 2.82 bits per heavy atom. The Labute approximate surface area is 162 Å². The van der Waals surface area contributed by atoms with Crippen LogP contribution in [0, 0.1) is 0 Å². The van der Waals surface area contributed by atoms with Crippen LogP contribution >= 0.6 is 0 Å². The van der Waals surface area contributed by atoms with Gasteiger partial charge in [-0.25, -0.2) is 4.98 Å². The average molecular weight is 383 g/mol. The maximum atomic E-state index is 6.38. The number of aromatic amines is 1. The fraction of sp³-hybridized carbons (Fsp3) is 0.526. The molecule has 5 heterocycles. The van der Waals surface area contributed by atoms with Crippen molar-refractivity contribution < 1.29 is 9.47 Å². The molecule has 2 aliphatic rings. The van der Waals surface area contributed by atoms with Crippen LogP contribution in [-0.4, -0.2) is 64.0 Å². The second-order valence-electron chi connectivity index (χ2n) is 7.51. The quantitative estimate of drug-likeness (QED) is 0.711. The van der Waals surface area contributed by atoms with Crippen molar-refractivity contribution in [3.63, 3.8) is 0 Å². The normalized spacial score (nSPS) is 21.5. The van der Waals surface area contributed by atoms with Crippen LogP contribution < -0.4 is 10.6 Å². The SMILES string of the molecule is CC1COCCN1c1cc(C2CCOCC2)c2c(N)nn(-c3ccn[nH]3)c2n1. The lowest BCUT2D eigenvalue weighted by atomic mass is 9.90. The molecule has 0 radical (unpaired) electrons. The van der Waals surface area contributed by atoms with Gasteiger partial charge in [0.15, 0.2) is 17.3 Å². The average Bonchev–Trinajstić information content (AvgIpc) is 3.37. The molecule has 9 nitrogen and oxygen atoms in total. The van der Waals surface area contributed by atoms with E-state index < -0.39 is 0 Å². The zero-order valence-corrected chi connectivity index (χ0v) is 16.0. The van der Waals surface area contributed by atoms with E-state index >= 15 is 0 Å². The van der Waals surface area contributed by atoms with Gasteiger partial charge in [-0.3, -0.25) is 5.10 Å². The third kappa shape index (κ3) is 2.91. The molecule has 0 aliphatic carbocycles. The minimum absolute atomic E-state index is 0.266. The Morgan fingerprint density at radius 2 is 2.07 bits per heavy atom. The summed E-state index contributed by atoms with van der Waals surface area (Å²) in [5.41, 5.74) is 8.35. The molecular formula is C19H25N7O2. The van der Waals surface area contributed by atoms with Gasteiger partial charge in [0.2, 0.25) is 0 Å². The molecule has 28 heavy (non-hydrogen) atoms. The lowest BCUT2D eigenvalue weighted by molar-refractivity contribution is 0.0855. The number of nitrogens with zero attached hydrogens (tertiary/aromatic N) is 5. The van der Waals surface area contributed by atoms with Crippen LogP contribution in [0.15, 0.2) is 18.3 Å². The van der Waals surface area contributed by atoms with E-state index in [1.165, 1.54) is 5.56 Å². The summed E-state index contributed by atoms with van der Waals surface area (Å²) in [5.74, 6) is 2.58. The molecule has 148 valence electrons. The largest absolute Gasteiger partial charge is 0.382 e. The number of hydrogen-bond acceptors (Lipinski definition) is 7. The standard InChI is InChI=1S/C19H25N7O2/c1-12-11-28-9-6-25(12)16-10-14(13-3-7-27-8-4-13)17-18(20)24-26(19(17)22-16)15-2-5-21-23-15/h2,5,10,12-13H,3-4,6-9,11H2,1H3,(H2,20,24)(H,21,23). The molecule has 2 saturated heterocycles. The summed E-state index contributed by atoms with van der Waals surface area (Å²) >= 11 is 0. The van der Waals surface area contributed by atoms with Gasteiger partial charge in [0.25, 0.3) is 0 Å². The number of nitrogens with one attached hydrogen (secondary N) is 1. The van der Waals surface area contributed by atoms with E-state index in [0.29, 0.717) is 24.9 Å². The fourth-order valence-electron chi connectivity index (χ4n) is 4.24. The molecule has 5 rings (SSSR count). The molecule has 0 saturated carbocycles. The van der Waals surface area contributed by atoms with Gasteiger partial charge in [-0.1, -0.05) is 0 Å². The summed E-state index contributed by atoms with van der Waals surface area (Å²) in [5, 5.41) is 12.5. The third-order valence-corrected chi connectivity index (χ3v) is 5.72. The summed E-state index contributed by atoms with van der Waals surface area (Å²) in [7, 11) is 0. The number of morpholine rings is 1. The maximum absolute atomic E-state index is 6.38. The van der Waals surface area contributed by atoms with Gasteiger partial charge in [-0.05, 0) is 37.3 Å². The molecule has 2 fully saturated rings. The zero-order chi connectivity index (χ0) is 19.1. The zero-order valence-electron chi connectivity index (χ0n) is 16.0. The monoisotopic (exact) mass is 383 g/mol. The molecule has 9 heteroatoms. The highest BCUT2D eigenvalue weighted by Gasteiger charge is 2.27. The predicted molar refractivity (Wildman–Crippen MR) is 106 cm³/mol. The lowest BCUT2D eigenvalue weighted by Gasteiger charge is -2.35. The number of rotatable bonds is 3. The highest BCUT2D eigenvalue weighted by molar-refractivity contribution is 5.92. The molecule has 3 N–H and O–H groups in total. The first kappa shape index (κ1) is 17.4. The number of fused-ring (bicyclic) bond motifs is 1. The van der Waals surface area contributed by atoms with E-state index in [9.17, 15) is 0 Å². The number of pyridine rings is 1. The Kier molecular flexibility index (Phi) is 4.40. The number of nitrogen functional groups attached to an aromatic ring is 1. The van der Waals surface area contributed by atoms with Crippen LogP contribution in [0.4, 0.5) is 11.6 Å². The number of hydrogen-bond donors (Lipinski definition) is 2. The molecule has 1 unspecified atom stereocenters. The van der Waals surface area contributed by atoms with Crippen LogP contribution in [-0.2, 0) is 9.47 Å². The van der Waals surface area contributed by atoms with Gasteiger partial charge < -0.3 is 20.1 Å². The Balaban J connectivity index is 1.71. The third-order valence-electron chi connectivity index (χ3n) is 5.72. The van der Waals surface area contributed by atoms with Crippen molar-refractivity contribution in [3.05, 3.63) is 23.9 Å². The first-order valence-corrected chi connectivity index (χ1v) is 9.83. The maximum Gasteiger partial charge on any atom is 0.169 e. The van der Waals surface area contributed by atoms with Crippen LogP contribution in [0.25, 0.3) is 16.9 Å². The van der Waals surface area contributed by atoms with Crippen molar-refractivity contribution in [2.45, 2.75) is 31.7 Å². The summed E-state index contributed by atoms with van der Waals surface area (Å²) < 4.78 is 13.0. The first-order chi connectivity index (χ1) is 13.7. The van der Waals surface area contributed by atoms with Gasteiger partial charge in [0.1, 0.15) is 5.82 Å². The van der Waals surface area contributed by atoms with Crippen LogP contribution in [0.5, 0.6) is 0 Å². The molecule has 0 spiro atoms. The minimum atomic E-state index is 0.266. The van der Waals surface area contributed by atoms with E-state index in [1.54, 1.807) is 10.9 Å². The molecule has 0 bridgehead atoms. The molecular weight excluding hydrogens is 358 g/mol. The summed E-state index contributed by atoms with van der Waals surface area (Å²) in [6.07, 6.45) is 3.66. The van der Waals surface area contributed by atoms with Gasteiger partial charge in [0, 0.05) is 25.8 Å². The van der Waals surface area contributed by atoms with E-state index in [2.05, 4.69) is 33.2 Å². The molecule has 3 aromatic heterocycles. The second-order valence-corrected chi connectivity index (χ2v) is 7.51. The predicted octanol–water partition coefficient (Wildman–Crippen LogP) is 1.84. The molecule has 0 aromatic carbocycles. The topological polar surface area (TPSA) is 107 Å². The van der Waals surface area contributed by atoms with Gasteiger partial charge >= 0.3 is 0 Å². The van der Waals surface area contributed by atoms with Crippen molar-refractivity contribution >= 4 is 22.7 Å². The first-order valence-electron chi connectivity index (χ1n) is 9.83. The Morgan fingerprint density at radius 1 is 1.21 bits per heavy atom. The van der Waals surface area contributed by atoms with Crippen molar-refractivity contribution in [3.8, 4) is 5.82 Å². The van der Waals surface area contributed by atoms with Crippen molar-refractivity contribution in [1.29, 1.82) is 0 Å². The smallest absolute Gasteiger partial charge is 0.169 e. The van der Waals surface area contributed by atoms with Crippen molar-refractivity contribution in [2.24, 2.45) is 0 Å². The highest BCUT2D eigenvalue weighted by Crippen LogP contribution is 2.37. The highest BCUT2D eigenvalue weighted by atomic mass is 16.5. The number of ether oxygens (including phenoxy) is 2.